The van der Waals surface area contributed by atoms with Gasteiger partial charge >= 0.3 is 0 Å². The average Bonchev–Trinajstić information content (AvgIpc) is 3.22. The van der Waals surface area contributed by atoms with E-state index >= 15 is 0 Å². The number of aliphatic hydroxyl groups excluding tert-OH is 1. The Morgan fingerprint density at radius 3 is 2.58 bits per heavy atom. The summed E-state index contributed by atoms with van der Waals surface area (Å²) in [6.07, 6.45) is 2.35. The zero-order valence-electron chi connectivity index (χ0n) is 20.0. The molecule has 1 aromatic carbocycles. The summed E-state index contributed by atoms with van der Waals surface area (Å²) in [4.78, 5) is 20.9. The third kappa shape index (κ3) is 4.99. The summed E-state index contributed by atoms with van der Waals surface area (Å²) in [6.45, 7) is 3.90. The lowest BCUT2D eigenvalue weighted by molar-refractivity contribution is 0.0388. The van der Waals surface area contributed by atoms with Gasteiger partial charge in [0.15, 0.2) is 10.8 Å². The first-order valence-electron chi connectivity index (χ1n) is 10.8. The number of rotatable bonds is 7. The number of hydrogen-bond donors (Lipinski definition) is 1. The van der Waals surface area contributed by atoms with E-state index in [0.717, 1.165) is 0 Å². The van der Waals surface area contributed by atoms with E-state index < -0.39 is 22.2 Å². The molecule has 1 amide bonds. The molecule has 1 N–H and O–H groups in total. The maximum atomic E-state index is 13.4. The summed E-state index contributed by atoms with van der Waals surface area (Å²) < 4.78 is 35.3. The fourth-order valence-electron chi connectivity index (χ4n) is 3.83. The molecule has 1 aliphatic heterocycles. The van der Waals surface area contributed by atoms with Gasteiger partial charge in [0.2, 0.25) is 0 Å². The first kappa shape index (κ1) is 25.0. The fourth-order valence-corrected chi connectivity index (χ4v) is 4.97. The summed E-state index contributed by atoms with van der Waals surface area (Å²) in [5.41, 5.74) is 1.10. The third-order valence-electron chi connectivity index (χ3n) is 5.95. The number of para-hydroxylation sites is 1. The van der Waals surface area contributed by atoms with E-state index in [1.807, 2.05) is 32.0 Å². The van der Waals surface area contributed by atoms with Crippen LogP contribution in [-0.4, -0.2) is 91.2 Å². The number of carbonyl (C=O) groups is 1. The van der Waals surface area contributed by atoms with Crippen molar-refractivity contribution in [3.8, 4) is 5.75 Å². The number of aryl methyl sites for hydroxylation is 1. The van der Waals surface area contributed by atoms with Crippen molar-refractivity contribution in [2.75, 3.05) is 45.7 Å². The van der Waals surface area contributed by atoms with Crippen LogP contribution in [0.4, 0.5) is 5.69 Å². The van der Waals surface area contributed by atoms with Gasteiger partial charge in [0.1, 0.15) is 6.10 Å². The van der Waals surface area contributed by atoms with Gasteiger partial charge in [-0.25, -0.2) is 13.4 Å². The first-order valence-corrected chi connectivity index (χ1v) is 12.2. The fraction of sp³-hybridized carbons (Fsp3) is 0.545. The van der Waals surface area contributed by atoms with Crippen LogP contribution in [-0.2, 0) is 17.1 Å². The second-order valence-corrected chi connectivity index (χ2v) is 10.8. The number of aliphatic hydroxyl groups is 1. The Bertz CT molecular complexity index is 1100. The number of nitrogens with zero attached hydrogens (tertiary/aromatic N) is 5. The number of sulfonamides is 1. The summed E-state index contributed by atoms with van der Waals surface area (Å²) in [7, 11) is 3.09. The molecule has 1 aliphatic rings. The van der Waals surface area contributed by atoms with Gasteiger partial charge < -0.3 is 24.2 Å². The molecule has 0 fully saturated rings. The average molecular weight is 480 g/mol. The number of carbonyl (C=O) groups excluding carboxylic acids is 1. The summed E-state index contributed by atoms with van der Waals surface area (Å²) in [6, 6.07) is 4.94. The molecule has 0 bridgehead atoms. The first-order chi connectivity index (χ1) is 15.5. The van der Waals surface area contributed by atoms with Crippen LogP contribution < -0.4 is 9.64 Å². The number of fused-ring (bicyclic) bond motifs is 1. The Kier molecular flexibility index (Phi) is 7.35. The highest BCUT2D eigenvalue weighted by molar-refractivity contribution is 7.89. The number of ether oxygens (including phenoxy) is 1. The number of anilines is 1. The highest BCUT2D eigenvalue weighted by Crippen LogP contribution is 2.36. The molecule has 3 rings (SSSR count). The highest BCUT2D eigenvalue weighted by Gasteiger charge is 2.36. The van der Waals surface area contributed by atoms with Crippen molar-refractivity contribution in [2.45, 2.75) is 31.0 Å². The second-order valence-electron chi connectivity index (χ2n) is 8.83. The molecule has 0 radical (unpaired) electrons. The number of imidazole rings is 1. The normalized spacial score (nSPS) is 20.1. The minimum Gasteiger partial charge on any atom is -0.486 e. The Balaban J connectivity index is 2.02. The van der Waals surface area contributed by atoms with E-state index in [1.165, 1.54) is 23.9 Å². The Labute approximate surface area is 195 Å². The maximum Gasteiger partial charge on any atom is 0.261 e. The molecule has 182 valence electrons. The molecule has 0 unspecified atom stereocenters. The van der Waals surface area contributed by atoms with Crippen LogP contribution >= 0.6 is 0 Å². The zero-order valence-corrected chi connectivity index (χ0v) is 20.8. The molecular formula is C22H33N5O5S. The lowest BCUT2D eigenvalue weighted by atomic mass is 9.99. The molecular weight excluding hydrogens is 446 g/mol. The molecule has 0 saturated carbocycles. The predicted molar refractivity (Wildman–Crippen MR) is 125 cm³/mol. The van der Waals surface area contributed by atoms with Gasteiger partial charge in [-0.2, -0.15) is 4.31 Å². The monoisotopic (exact) mass is 479 g/mol. The molecule has 1 aromatic heterocycles. The van der Waals surface area contributed by atoms with E-state index in [-0.39, 0.29) is 30.0 Å². The van der Waals surface area contributed by atoms with Gasteiger partial charge in [0, 0.05) is 46.9 Å². The molecule has 2 heterocycles. The van der Waals surface area contributed by atoms with Gasteiger partial charge in [-0.3, -0.25) is 4.79 Å². The van der Waals surface area contributed by atoms with Gasteiger partial charge in [0.25, 0.3) is 15.9 Å². The van der Waals surface area contributed by atoms with Crippen LogP contribution in [0.3, 0.4) is 0 Å². The zero-order chi connectivity index (χ0) is 24.5. The molecule has 0 aliphatic carbocycles. The van der Waals surface area contributed by atoms with E-state index in [1.54, 1.807) is 35.6 Å². The van der Waals surface area contributed by atoms with Crippen LogP contribution in [0.15, 0.2) is 35.7 Å². The van der Waals surface area contributed by atoms with Crippen LogP contribution in [0.25, 0.3) is 0 Å². The van der Waals surface area contributed by atoms with Crippen LogP contribution in [0.5, 0.6) is 5.75 Å². The summed E-state index contributed by atoms with van der Waals surface area (Å²) in [5.74, 6) is -0.0365. The van der Waals surface area contributed by atoms with Crippen LogP contribution in [0.1, 0.15) is 24.2 Å². The van der Waals surface area contributed by atoms with Crippen LogP contribution in [0, 0.1) is 5.92 Å². The smallest absolute Gasteiger partial charge is 0.261 e. The maximum absolute atomic E-state index is 13.4. The van der Waals surface area contributed by atoms with Gasteiger partial charge in [-0.05, 0) is 19.1 Å². The summed E-state index contributed by atoms with van der Waals surface area (Å²) >= 11 is 0. The molecule has 3 atom stereocenters. The molecule has 33 heavy (non-hydrogen) atoms. The summed E-state index contributed by atoms with van der Waals surface area (Å²) in [5, 5.41) is 9.72. The SMILES string of the molecule is C[C@H]1CN([C@@H](C)CO)C(=O)c2cccc(N(C)C)c2O[C@H]1CN(C)S(=O)(=O)c1cn(C)cn1. The van der Waals surface area contributed by atoms with Gasteiger partial charge in [-0.1, -0.05) is 13.0 Å². The van der Waals surface area contributed by atoms with Crippen molar-refractivity contribution in [1.29, 1.82) is 0 Å². The quantitative estimate of drug-likeness (QED) is 0.632. The van der Waals surface area contributed by atoms with Crippen molar-refractivity contribution in [3.05, 3.63) is 36.3 Å². The number of likely N-dealkylation sites (N-methyl/N-ethyl adjacent to an activating group) is 1. The van der Waals surface area contributed by atoms with E-state index in [2.05, 4.69) is 4.98 Å². The molecule has 0 spiro atoms. The predicted octanol–water partition coefficient (Wildman–Crippen LogP) is 1.03. The van der Waals surface area contributed by atoms with E-state index in [9.17, 15) is 18.3 Å². The van der Waals surface area contributed by atoms with Crippen molar-refractivity contribution >= 4 is 21.6 Å². The van der Waals surface area contributed by atoms with E-state index in [4.69, 9.17) is 4.74 Å². The molecule has 2 aromatic rings. The van der Waals surface area contributed by atoms with Crippen molar-refractivity contribution in [1.82, 2.24) is 18.8 Å². The Hall–Kier alpha value is -2.63. The Morgan fingerprint density at radius 1 is 1.30 bits per heavy atom. The van der Waals surface area contributed by atoms with Gasteiger partial charge in [0.05, 0.1) is 36.8 Å². The highest BCUT2D eigenvalue weighted by atomic mass is 32.2. The lowest BCUT2D eigenvalue weighted by Gasteiger charge is -2.38. The van der Waals surface area contributed by atoms with Crippen molar-refractivity contribution in [3.63, 3.8) is 0 Å². The standard InChI is InChI=1S/C22H33N5O5S/c1-15-10-27(16(2)13-28)22(29)17-8-7-9-18(24(3)4)21(17)32-19(15)11-26(6)33(30,31)20-12-25(5)14-23-20/h7-9,12,14-16,19,28H,10-11,13H2,1-6H3/t15-,16-,19-/m0/s1. The number of amides is 1. The number of aromatic nitrogens is 2. The third-order valence-corrected chi connectivity index (χ3v) is 7.65. The number of benzene rings is 1. The Morgan fingerprint density at radius 2 is 2.00 bits per heavy atom. The largest absolute Gasteiger partial charge is 0.486 e. The van der Waals surface area contributed by atoms with Crippen molar-refractivity contribution in [2.24, 2.45) is 13.0 Å². The van der Waals surface area contributed by atoms with Crippen LogP contribution in [0.2, 0.25) is 0 Å². The van der Waals surface area contributed by atoms with Gasteiger partial charge in [-0.15, -0.1) is 0 Å². The number of hydrogen-bond acceptors (Lipinski definition) is 7. The topological polar surface area (TPSA) is 108 Å². The molecule has 11 heteroatoms. The van der Waals surface area contributed by atoms with Crippen molar-refractivity contribution < 1.29 is 23.1 Å². The van der Waals surface area contributed by atoms with E-state index in [0.29, 0.717) is 23.5 Å². The second kappa shape index (κ2) is 9.70. The minimum absolute atomic E-state index is 0.0360. The lowest BCUT2D eigenvalue weighted by Crippen LogP contribution is -2.50. The molecule has 0 saturated heterocycles. The minimum atomic E-state index is -3.82. The molecule has 10 nitrogen and oxygen atoms in total.